The van der Waals surface area contributed by atoms with Gasteiger partial charge in [-0.2, -0.15) is 0 Å². The van der Waals surface area contributed by atoms with Gasteiger partial charge in [-0.3, -0.25) is 19.7 Å². The van der Waals surface area contributed by atoms with Crippen LogP contribution in [0.2, 0.25) is 16.6 Å². The van der Waals surface area contributed by atoms with Crippen LogP contribution >= 0.6 is 0 Å². The van der Waals surface area contributed by atoms with Crippen LogP contribution in [0.1, 0.15) is 58.3 Å². The maximum absolute atomic E-state index is 12.9. The first-order valence-electron chi connectivity index (χ1n) is 10.3. The summed E-state index contributed by atoms with van der Waals surface area (Å²) in [6.07, 6.45) is 0.267. The van der Waals surface area contributed by atoms with Crippen molar-refractivity contribution in [2.45, 2.75) is 64.6 Å². The number of ether oxygens (including phenoxy) is 1. The molecule has 0 aromatic heterocycles. The monoisotopic (exact) mass is 436 g/mol. The highest BCUT2D eigenvalue weighted by atomic mass is 28.4. The number of nitro benzene ring substituents is 1. The molecule has 1 aliphatic heterocycles. The molecule has 2 rings (SSSR count). The van der Waals surface area contributed by atoms with E-state index in [0.29, 0.717) is 5.75 Å². The molecular formula is C21H32N2O6Si. The summed E-state index contributed by atoms with van der Waals surface area (Å²) in [6, 6.07) is 2.68. The molecule has 1 aliphatic rings. The minimum absolute atomic E-state index is 0.0272. The van der Waals surface area contributed by atoms with Crippen molar-refractivity contribution in [2.75, 3.05) is 20.2 Å². The number of ketones is 1. The number of carbonyl (C=O) groups is 2. The number of methoxy groups -OCH3 is 1. The zero-order valence-corrected chi connectivity index (χ0v) is 19.9. The van der Waals surface area contributed by atoms with Crippen LogP contribution in [0.15, 0.2) is 12.1 Å². The van der Waals surface area contributed by atoms with Gasteiger partial charge in [0, 0.05) is 19.0 Å². The third kappa shape index (κ3) is 4.35. The Morgan fingerprint density at radius 3 is 2.07 bits per heavy atom. The van der Waals surface area contributed by atoms with E-state index < -0.39 is 19.1 Å². The van der Waals surface area contributed by atoms with Crippen LogP contribution in [0.4, 0.5) is 5.69 Å². The van der Waals surface area contributed by atoms with E-state index in [2.05, 4.69) is 41.5 Å². The highest BCUT2D eigenvalue weighted by Gasteiger charge is 2.48. The van der Waals surface area contributed by atoms with Gasteiger partial charge in [-0.05, 0) is 16.6 Å². The summed E-state index contributed by atoms with van der Waals surface area (Å²) in [5.41, 5.74) is 0.355. The number of benzene rings is 1. The van der Waals surface area contributed by atoms with Crippen molar-refractivity contribution >= 4 is 25.7 Å². The van der Waals surface area contributed by atoms with Crippen molar-refractivity contribution in [3.63, 3.8) is 0 Å². The first-order valence-corrected chi connectivity index (χ1v) is 12.5. The SMILES string of the molecule is COc1cc(C(=O)N2CCC(=O)C2)c([N+](=O)[O-])cc1O[Si](C(C)C)(C(C)C)C(C)C. The van der Waals surface area contributed by atoms with Crippen LogP contribution in [0.5, 0.6) is 11.5 Å². The molecule has 1 fully saturated rings. The molecular weight excluding hydrogens is 404 g/mol. The number of rotatable bonds is 8. The average molecular weight is 437 g/mol. The van der Waals surface area contributed by atoms with E-state index >= 15 is 0 Å². The van der Waals surface area contributed by atoms with E-state index in [-0.39, 0.29) is 58.9 Å². The van der Waals surface area contributed by atoms with Gasteiger partial charge in [0.15, 0.2) is 17.3 Å². The summed E-state index contributed by atoms with van der Waals surface area (Å²) in [6.45, 7) is 13.0. The summed E-state index contributed by atoms with van der Waals surface area (Å²) in [7, 11) is -0.946. The van der Waals surface area contributed by atoms with Crippen LogP contribution in [-0.4, -0.2) is 50.0 Å². The second-order valence-corrected chi connectivity index (χ2v) is 14.1. The summed E-state index contributed by atoms with van der Waals surface area (Å²) >= 11 is 0. The molecule has 1 heterocycles. The fraction of sp³-hybridized carbons (Fsp3) is 0.619. The fourth-order valence-corrected chi connectivity index (χ4v) is 9.88. The predicted octanol–water partition coefficient (Wildman–Crippen LogP) is 4.57. The van der Waals surface area contributed by atoms with Crippen LogP contribution in [0, 0.1) is 10.1 Å². The van der Waals surface area contributed by atoms with Gasteiger partial charge in [0.05, 0.1) is 24.6 Å². The molecule has 0 aliphatic carbocycles. The van der Waals surface area contributed by atoms with Gasteiger partial charge in [0.25, 0.3) is 19.9 Å². The number of hydrogen-bond donors (Lipinski definition) is 0. The Balaban J connectivity index is 2.59. The highest BCUT2D eigenvalue weighted by Crippen LogP contribution is 2.46. The second kappa shape index (κ2) is 9.16. The first-order chi connectivity index (χ1) is 13.9. The zero-order chi connectivity index (χ0) is 22.8. The third-order valence-electron chi connectivity index (χ3n) is 6.02. The van der Waals surface area contributed by atoms with E-state index in [1.807, 2.05) is 0 Å². The lowest BCUT2D eigenvalue weighted by atomic mass is 10.1. The molecule has 1 amide bonds. The maximum Gasteiger partial charge on any atom is 0.286 e. The average Bonchev–Trinajstić information content (AvgIpc) is 3.10. The number of nitro groups is 1. The molecule has 0 saturated carbocycles. The Morgan fingerprint density at radius 2 is 1.67 bits per heavy atom. The quantitative estimate of drug-likeness (QED) is 0.336. The van der Waals surface area contributed by atoms with Crippen molar-refractivity contribution < 1.29 is 23.7 Å². The van der Waals surface area contributed by atoms with Crippen molar-refractivity contribution in [3.8, 4) is 11.5 Å². The van der Waals surface area contributed by atoms with E-state index in [1.54, 1.807) is 0 Å². The van der Waals surface area contributed by atoms with Gasteiger partial charge >= 0.3 is 0 Å². The molecule has 0 atom stereocenters. The summed E-state index contributed by atoms with van der Waals surface area (Å²) < 4.78 is 12.1. The molecule has 166 valence electrons. The zero-order valence-electron chi connectivity index (χ0n) is 18.9. The van der Waals surface area contributed by atoms with E-state index in [0.717, 1.165) is 0 Å². The van der Waals surface area contributed by atoms with Crippen LogP contribution in [0.25, 0.3) is 0 Å². The Bertz CT molecular complexity index is 815. The Morgan fingerprint density at radius 1 is 1.10 bits per heavy atom. The molecule has 1 aromatic carbocycles. The van der Waals surface area contributed by atoms with Gasteiger partial charge in [0.2, 0.25) is 0 Å². The number of nitrogens with zero attached hydrogens (tertiary/aromatic N) is 2. The Kier molecular flexibility index (Phi) is 7.28. The van der Waals surface area contributed by atoms with Crippen molar-refractivity contribution in [2.24, 2.45) is 0 Å². The summed E-state index contributed by atoms with van der Waals surface area (Å²) in [4.78, 5) is 37.0. The Labute approximate surface area is 178 Å². The second-order valence-electron chi connectivity index (χ2n) is 8.71. The van der Waals surface area contributed by atoms with E-state index in [9.17, 15) is 19.7 Å². The standard InChI is InChI=1S/C21H32N2O6Si/c1-13(2)30(14(3)4,15(5)6)29-20-11-18(23(26)27)17(10-19(20)28-7)21(25)22-9-8-16(24)12-22/h10-11,13-15H,8-9,12H2,1-7H3. The third-order valence-corrected chi connectivity index (χ3v) is 12.0. The molecule has 0 N–H and O–H groups in total. The van der Waals surface area contributed by atoms with Crippen LogP contribution in [-0.2, 0) is 4.79 Å². The lowest BCUT2D eigenvalue weighted by Gasteiger charge is -2.42. The maximum atomic E-state index is 12.9. The predicted molar refractivity (Wildman–Crippen MR) is 117 cm³/mol. The molecule has 0 bridgehead atoms. The summed E-state index contributed by atoms with van der Waals surface area (Å²) in [5.74, 6) is -0.0219. The van der Waals surface area contributed by atoms with E-state index in [1.165, 1.54) is 24.1 Å². The molecule has 0 spiro atoms. The van der Waals surface area contributed by atoms with Gasteiger partial charge in [0.1, 0.15) is 5.56 Å². The highest BCUT2D eigenvalue weighted by molar-refractivity contribution is 6.78. The minimum Gasteiger partial charge on any atom is -0.540 e. The lowest BCUT2D eigenvalue weighted by molar-refractivity contribution is -0.385. The van der Waals surface area contributed by atoms with Gasteiger partial charge in [-0.15, -0.1) is 0 Å². The lowest BCUT2D eigenvalue weighted by Crippen LogP contribution is -2.50. The molecule has 0 unspecified atom stereocenters. The number of Topliss-reactive ketones (excluding diaryl/α,β-unsaturated/α-hetero) is 1. The van der Waals surface area contributed by atoms with Crippen molar-refractivity contribution in [1.82, 2.24) is 4.90 Å². The van der Waals surface area contributed by atoms with Crippen LogP contribution < -0.4 is 9.16 Å². The molecule has 1 saturated heterocycles. The smallest absolute Gasteiger partial charge is 0.286 e. The first kappa shape index (κ1) is 23.9. The number of hydrogen-bond acceptors (Lipinski definition) is 6. The number of carbonyl (C=O) groups excluding carboxylic acids is 2. The van der Waals surface area contributed by atoms with E-state index in [4.69, 9.17) is 9.16 Å². The summed E-state index contributed by atoms with van der Waals surface area (Å²) in [5, 5.41) is 11.8. The molecule has 30 heavy (non-hydrogen) atoms. The largest absolute Gasteiger partial charge is 0.540 e. The number of amides is 1. The van der Waals surface area contributed by atoms with Gasteiger partial charge in [-0.25, -0.2) is 0 Å². The number of likely N-dealkylation sites (tertiary alicyclic amines) is 1. The molecule has 1 aromatic rings. The minimum atomic E-state index is -2.40. The molecule has 0 radical (unpaired) electrons. The van der Waals surface area contributed by atoms with Crippen molar-refractivity contribution in [3.05, 3.63) is 27.8 Å². The molecule has 9 heteroatoms. The topological polar surface area (TPSA) is 99.0 Å². The van der Waals surface area contributed by atoms with Gasteiger partial charge in [-0.1, -0.05) is 41.5 Å². The normalized spacial score (nSPS) is 14.7. The molecule has 8 nitrogen and oxygen atoms in total. The Hall–Kier alpha value is -2.42. The van der Waals surface area contributed by atoms with Crippen molar-refractivity contribution in [1.29, 1.82) is 0 Å². The van der Waals surface area contributed by atoms with Gasteiger partial charge < -0.3 is 14.1 Å². The van der Waals surface area contributed by atoms with Crippen LogP contribution in [0.3, 0.4) is 0 Å². The fourth-order valence-electron chi connectivity index (χ4n) is 4.63.